The van der Waals surface area contributed by atoms with Crippen molar-refractivity contribution in [1.82, 2.24) is 0 Å². The van der Waals surface area contributed by atoms with Crippen LogP contribution in [0.5, 0.6) is 0 Å². The molecule has 54 valence electrons. The van der Waals surface area contributed by atoms with Crippen LogP contribution in [0.15, 0.2) is 22.0 Å². The molecule has 1 heterocycles. The summed E-state index contributed by atoms with van der Waals surface area (Å²) in [4.78, 5) is 10.8. The van der Waals surface area contributed by atoms with Crippen LogP contribution in [-0.4, -0.2) is 19.1 Å². The first-order valence-corrected chi connectivity index (χ1v) is 3.09. The van der Waals surface area contributed by atoms with Crippen LogP contribution in [0.1, 0.15) is 6.92 Å². The maximum atomic E-state index is 10.8. The van der Waals surface area contributed by atoms with Gasteiger partial charge in [-0.05, 0) is 13.0 Å². The van der Waals surface area contributed by atoms with Gasteiger partial charge in [-0.25, -0.2) is 4.79 Å². The van der Waals surface area contributed by atoms with Crippen molar-refractivity contribution in [2.45, 2.75) is 6.92 Å². The van der Waals surface area contributed by atoms with E-state index in [-0.39, 0.29) is 5.97 Å². The van der Waals surface area contributed by atoms with Crippen molar-refractivity contribution in [2.24, 2.45) is 10.2 Å². The minimum absolute atomic E-state index is 0.321. The molecule has 0 unspecified atom stereocenters. The average Bonchev–Trinajstić information content (AvgIpc) is 2.38. The van der Waals surface area contributed by atoms with E-state index < -0.39 is 0 Å². The number of nitrogens with zero attached hydrogens (tertiary/aromatic N) is 2. The first kappa shape index (κ1) is 6.92. The summed E-state index contributed by atoms with van der Waals surface area (Å²) in [6.07, 6.45) is 1.64. The Balaban J connectivity index is 2.48. The van der Waals surface area contributed by atoms with E-state index in [0.717, 1.165) is 0 Å². The third-order valence-electron chi connectivity index (χ3n) is 1.03. The lowest BCUT2D eigenvalue weighted by molar-refractivity contribution is -0.138. The summed E-state index contributed by atoms with van der Waals surface area (Å²) in [6, 6.07) is 0. The Morgan fingerprint density at radius 2 is 2.70 bits per heavy atom. The molecule has 1 aliphatic rings. The average molecular weight is 140 g/mol. The molecule has 0 atom stereocenters. The Hall–Kier alpha value is -1.19. The molecule has 0 N–H and O–H groups in total. The normalized spacial score (nSPS) is 15.1. The summed E-state index contributed by atoms with van der Waals surface area (Å²) in [6.45, 7) is 2.63. The van der Waals surface area contributed by atoms with Gasteiger partial charge in [0.05, 0.1) is 13.2 Å². The topological polar surface area (TPSA) is 51.0 Å². The van der Waals surface area contributed by atoms with Crippen LogP contribution >= 0.6 is 0 Å². The van der Waals surface area contributed by atoms with E-state index in [9.17, 15) is 4.79 Å². The molecule has 0 saturated carbocycles. The van der Waals surface area contributed by atoms with Crippen LogP contribution in [0.25, 0.3) is 0 Å². The Bertz CT molecular complexity index is 196. The zero-order valence-electron chi connectivity index (χ0n) is 5.70. The van der Waals surface area contributed by atoms with Crippen LogP contribution in [0, 0.1) is 0 Å². The molecule has 0 bridgehead atoms. The van der Waals surface area contributed by atoms with Gasteiger partial charge in [0.25, 0.3) is 0 Å². The molecule has 0 spiro atoms. The molecular formula is C6H8N2O2. The lowest BCUT2D eigenvalue weighted by atomic mass is 10.4. The van der Waals surface area contributed by atoms with Crippen molar-refractivity contribution < 1.29 is 9.53 Å². The SMILES string of the molecule is CCOC(=O)C1=CCN=N1. The van der Waals surface area contributed by atoms with Crippen molar-refractivity contribution in [3.8, 4) is 0 Å². The second-order valence-corrected chi connectivity index (χ2v) is 1.73. The van der Waals surface area contributed by atoms with E-state index in [0.29, 0.717) is 18.8 Å². The largest absolute Gasteiger partial charge is 0.461 e. The van der Waals surface area contributed by atoms with E-state index in [1.807, 2.05) is 0 Å². The van der Waals surface area contributed by atoms with E-state index in [1.54, 1.807) is 13.0 Å². The van der Waals surface area contributed by atoms with Gasteiger partial charge in [0, 0.05) is 0 Å². The molecule has 0 aromatic rings. The predicted molar refractivity (Wildman–Crippen MR) is 34.4 cm³/mol. The fourth-order valence-electron chi connectivity index (χ4n) is 0.614. The quantitative estimate of drug-likeness (QED) is 0.535. The number of rotatable bonds is 2. The standard InChI is InChI=1S/C6H8N2O2/c1-2-10-6(9)5-3-4-7-8-5/h3H,2,4H2,1H3. The van der Waals surface area contributed by atoms with Gasteiger partial charge in [-0.3, -0.25) is 0 Å². The summed E-state index contributed by atoms with van der Waals surface area (Å²) in [5.41, 5.74) is 0.321. The van der Waals surface area contributed by atoms with E-state index >= 15 is 0 Å². The van der Waals surface area contributed by atoms with Gasteiger partial charge in [0.15, 0.2) is 5.70 Å². The maximum absolute atomic E-state index is 10.8. The van der Waals surface area contributed by atoms with Crippen LogP contribution < -0.4 is 0 Å². The highest BCUT2D eigenvalue weighted by Crippen LogP contribution is 2.06. The minimum atomic E-state index is -0.385. The molecule has 10 heavy (non-hydrogen) atoms. The third-order valence-corrected chi connectivity index (χ3v) is 1.03. The van der Waals surface area contributed by atoms with Gasteiger partial charge in [-0.2, -0.15) is 5.11 Å². The summed E-state index contributed by atoms with van der Waals surface area (Å²) in [7, 11) is 0. The highest BCUT2D eigenvalue weighted by molar-refractivity contribution is 5.88. The number of ether oxygens (including phenoxy) is 1. The van der Waals surface area contributed by atoms with E-state index in [1.165, 1.54) is 0 Å². The van der Waals surface area contributed by atoms with Crippen LogP contribution in [0.4, 0.5) is 0 Å². The van der Waals surface area contributed by atoms with Crippen molar-refractivity contribution in [3.63, 3.8) is 0 Å². The summed E-state index contributed by atoms with van der Waals surface area (Å²) < 4.78 is 4.66. The number of carbonyl (C=O) groups excluding carboxylic acids is 1. The Morgan fingerprint density at radius 3 is 3.20 bits per heavy atom. The molecule has 1 rings (SSSR count). The molecule has 0 amide bonds. The third kappa shape index (κ3) is 1.40. The maximum Gasteiger partial charge on any atom is 0.358 e. The number of esters is 1. The lowest BCUT2D eigenvalue weighted by Crippen LogP contribution is -2.04. The zero-order valence-corrected chi connectivity index (χ0v) is 5.70. The lowest BCUT2D eigenvalue weighted by Gasteiger charge is -1.96. The van der Waals surface area contributed by atoms with Crippen molar-refractivity contribution in [2.75, 3.05) is 13.2 Å². The first-order chi connectivity index (χ1) is 4.84. The second kappa shape index (κ2) is 3.10. The number of hydrogen-bond donors (Lipinski definition) is 0. The molecule has 0 saturated heterocycles. The number of azo groups is 1. The fourth-order valence-corrected chi connectivity index (χ4v) is 0.614. The van der Waals surface area contributed by atoms with Gasteiger partial charge in [0.1, 0.15) is 0 Å². The Labute approximate surface area is 58.6 Å². The Kier molecular flexibility index (Phi) is 2.15. The molecule has 0 radical (unpaired) electrons. The van der Waals surface area contributed by atoms with Gasteiger partial charge in [-0.15, -0.1) is 5.11 Å². The van der Waals surface area contributed by atoms with Gasteiger partial charge < -0.3 is 4.74 Å². The fraction of sp³-hybridized carbons (Fsp3) is 0.500. The highest BCUT2D eigenvalue weighted by Gasteiger charge is 2.11. The number of hydrogen-bond acceptors (Lipinski definition) is 4. The molecule has 0 aromatic carbocycles. The second-order valence-electron chi connectivity index (χ2n) is 1.73. The highest BCUT2D eigenvalue weighted by atomic mass is 16.5. The molecule has 0 fully saturated rings. The van der Waals surface area contributed by atoms with E-state index in [2.05, 4.69) is 15.0 Å². The summed E-state index contributed by atoms with van der Waals surface area (Å²) in [5, 5.41) is 7.17. The molecular weight excluding hydrogens is 132 g/mol. The van der Waals surface area contributed by atoms with Gasteiger partial charge in [-0.1, -0.05) is 0 Å². The predicted octanol–water partition coefficient (Wildman–Crippen LogP) is 0.899. The monoisotopic (exact) mass is 140 g/mol. The van der Waals surface area contributed by atoms with Gasteiger partial charge >= 0.3 is 5.97 Å². The van der Waals surface area contributed by atoms with Crippen molar-refractivity contribution in [3.05, 3.63) is 11.8 Å². The smallest absolute Gasteiger partial charge is 0.358 e. The minimum Gasteiger partial charge on any atom is -0.461 e. The zero-order chi connectivity index (χ0) is 7.40. The molecule has 0 aliphatic carbocycles. The Morgan fingerprint density at radius 1 is 1.90 bits per heavy atom. The summed E-state index contributed by atoms with van der Waals surface area (Å²) in [5.74, 6) is -0.385. The van der Waals surface area contributed by atoms with Crippen LogP contribution in [-0.2, 0) is 9.53 Å². The van der Waals surface area contributed by atoms with E-state index in [4.69, 9.17) is 0 Å². The molecule has 0 aromatic heterocycles. The van der Waals surface area contributed by atoms with Crippen molar-refractivity contribution >= 4 is 5.97 Å². The molecule has 1 aliphatic heterocycles. The summed E-state index contributed by atoms with van der Waals surface area (Å²) >= 11 is 0. The van der Waals surface area contributed by atoms with Crippen LogP contribution in [0.2, 0.25) is 0 Å². The van der Waals surface area contributed by atoms with Gasteiger partial charge in [0.2, 0.25) is 0 Å². The first-order valence-electron chi connectivity index (χ1n) is 3.09. The number of carbonyl (C=O) groups is 1. The van der Waals surface area contributed by atoms with Crippen LogP contribution in [0.3, 0.4) is 0 Å². The molecule has 4 nitrogen and oxygen atoms in total. The van der Waals surface area contributed by atoms with Crippen molar-refractivity contribution in [1.29, 1.82) is 0 Å². The molecule has 4 heteroatoms.